The molecule has 0 saturated carbocycles. The molecule has 21 heavy (non-hydrogen) atoms. The highest BCUT2D eigenvalue weighted by molar-refractivity contribution is 7.16. The fourth-order valence-electron chi connectivity index (χ4n) is 2.07. The zero-order valence-electron chi connectivity index (χ0n) is 12.2. The van der Waals surface area contributed by atoms with E-state index in [-0.39, 0.29) is 0 Å². The summed E-state index contributed by atoms with van der Waals surface area (Å²) in [6, 6.07) is 12.0. The number of nitrogens with two attached hydrogens (primary N) is 1. The molecule has 1 aromatic heterocycles. The van der Waals surface area contributed by atoms with Crippen LogP contribution in [0.25, 0.3) is 0 Å². The topological polar surface area (TPSA) is 38.5 Å². The first-order valence-corrected chi connectivity index (χ1v) is 8.21. The zero-order chi connectivity index (χ0) is 15.1. The van der Waals surface area contributed by atoms with Crippen LogP contribution in [0.15, 0.2) is 36.4 Å². The Bertz CT molecular complexity index is 559. The Balaban J connectivity index is 1.66. The van der Waals surface area contributed by atoms with Crippen molar-refractivity contribution in [1.82, 2.24) is 4.90 Å². The monoisotopic (exact) mass is 324 g/mol. The van der Waals surface area contributed by atoms with Crippen LogP contribution >= 0.6 is 22.9 Å². The van der Waals surface area contributed by atoms with Gasteiger partial charge in [0.1, 0.15) is 5.75 Å². The van der Waals surface area contributed by atoms with Crippen LogP contribution in [-0.2, 0) is 13.1 Å². The van der Waals surface area contributed by atoms with Crippen molar-refractivity contribution in [2.75, 3.05) is 20.2 Å². The van der Waals surface area contributed by atoms with E-state index in [0.717, 1.165) is 35.2 Å². The Morgan fingerprint density at radius 2 is 2.14 bits per heavy atom. The molecule has 1 heterocycles. The second-order valence-corrected chi connectivity index (χ2v) is 6.80. The predicted molar refractivity (Wildman–Crippen MR) is 90.1 cm³/mol. The SMILES string of the molecule is CN(CCCOc1cccc(CN)c1)Cc1ccc(Cl)s1. The average Bonchev–Trinajstić information content (AvgIpc) is 2.89. The summed E-state index contributed by atoms with van der Waals surface area (Å²) in [5, 5.41) is 0. The first-order valence-electron chi connectivity index (χ1n) is 7.02. The molecule has 0 aliphatic heterocycles. The van der Waals surface area contributed by atoms with Crippen LogP contribution < -0.4 is 10.5 Å². The molecule has 0 unspecified atom stereocenters. The fraction of sp³-hybridized carbons (Fsp3) is 0.375. The molecule has 0 amide bonds. The Labute approximate surface area is 135 Å². The van der Waals surface area contributed by atoms with Gasteiger partial charge in [-0.2, -0.15) is 0 Å². The van der Waals surface area contributed by atoms with Gasteiger partial charge in [0.05, 0.1) is 10.9 Å². The van der Waals surface area contributed by atoms with Crippen molar-refractivity contribution in [2.45, 2.75) is 19.5 Å². The number of ether oxygens (including phenoxy) is 1. The third kappa shape index (κ3) is 5.67. The van der Waals surface area contributed by atoms with Crippen molar-refractivity contribution in [3.8, 4) is 5.75 Å². The van der Waals surface area contributed by atoms with E-state index in [1.54, 1.807) is 11.3 Å². The third-order valence-corrected chi connectivity index (χ3v) is 4.36. The summed E-state index contributed by atoms with van der Waals surface area (Å²) in [6.07, 6.45) is 0.989. The lowest BCUT2D eigenvalue weighted by molar-refractivity contribution is 0.259. The average molecular weight is 325 g/mol. The molecular weight excluding hydrogens is 304 g/mol. The van der Waals surface area contributed by atoms with E-state index in [9.17, 15) is 0 Å². The highest BCUT2D eigenvalue weighted by Crippen LogP contribution is 2.22. The lowest BCUT2D eigenvalue weighted by Crippen LogP contribution is -2.20. The lowest BCUT2D eigenvalue weighted by atomic mass is 10.2. The van der Waals surface area contributed by atoms with Crippen LogP contribution in [0.3, 0.4) is 0 Å². The van der Waals surface area contributed by atoms with Gasteiger partial charge in [-0.15, -0.1) is 11.3 Å². The van der Waals surface area contributed by atoms with Crippen LogP contribution in [0.4, 0.5) is 0 Å². The van der Waals surface area contributed by atoms with Gasteiger partial charge in [0, 0.05) is 24.5 Å². The molecule has 0 radical (unpaired) electrons. The standard InChI is InChI=1S/C16H21ClN2OS/c1-19(12-15-6-7-16(17)21-15)8-3-9-20-14-5-2-4-13(10-14)11-18/h2,4-7,10H,3,8-9,11-12,18H2,1H3. The molecule has 0 atom stereocenters. The normalized spacial score (nSPS) is 11.0. The Kier molecular flexibility index (Phi) is 6.51. The van der Waals surface area contributed by atoms with Gasteiger partial charge >= 0.3 is 0 Å². The number of rotatable bonds is 8. The summed E-state index contributed by atoms with van der Waals surface area (Å²) >= 11 is 7.57. The molecule has 2 N–H and O–H groups in total. The van der Waals surface area contributed by atoms with Gasteiger partial charge in [-0.25, -0.2) is 0 Å². The molecule has 2 rings (SSSR count). The minimum atomic E-state index is 0.545. The quantitative estimate of drug-likeness (QED) is 0.751. The van der Waals surface area contributed by atoms with Crippen LogP contribution in [0.1, 0.15) is 16.9 Å². The Morgan fingerprint density at radius 3 is 2.86 bits per heavy atom. The van der Waals surface area contributed by atoms with E-state index in [0.29, 0.717) is 13.2 Å². The van der Waals surface area contributed by atoms with E-state index in [2.05, 4.69) is 18.0 Å². The molecule has 0 saturated heterocycles. The Morgan fingerprint density at radius 1 is 1.29 bits per heavy atom. The first kappa shape index (κ1) is 16.3. The molecule has 0 spiro atoms. The maximum atomic E-state index is 5.93. The van der Waals surface area contributed by atoms with Crippen molar-refractivity contribution in [1.29, 1.82) is 0 Å². The van der Waals surface area contributed by atoms with Gasteiger partial charge in [0.15, 0.2) is 0 Å². The van der Waals surface area contributed by atoms with Crippen LogP contribution in [0.2, 0.25) is 4.34 Å². The highest BCUT2D eigenvalue weighted by Gasteiger charge is 2.03. The van der Waals surface area contributed by atoms with Gasteiger partial charge in [-0.1, -0.05) is 23.7 Å². The number of thiophene rings is 1. The second kappa shape index (κ2) is 8.39. The molecule has 0 bridgehead atoms. The van der Waals surface area contributed by atoms with Crippen molar-refractivity contribution < 1.29 is 4.74 Å². The molecule has 0 aliphatic carbocycles. The van der Waals surface area contributed by atoms with Crippen LogP contribution in [0, 0.1) is 0 Å². The van der Waals surface area contributed by atoms with Gasteiger partial charge in [0.2, 0.25) is 0 Å². The molecular formula is C16H21ClN2OS. The third-order valence-electron chi connectivity index (χ3n) is 3.14. The summed E-state index contributed by atoms with van der Waals surface area (Å²) in [6.45, 7) is 3.18. The largest absolute Gasteiger partial charge is 0.494 e. The van der Waals surface area contributed by atoms with Crippen LogP contribution in [-0.4, -0.2) is 25.1 Å². The van der Waals surface area contributed by atoms with Gasteiger partial charge in [-0.3, -0.25) is 0 Å². The van der Waals surface area contributed by atoms with Crippen molar-refractivity contribution in [3.05, 3.63) is 51.2 Å². The number of hydrogen-bond acceptors (Lipinski definition) is 4. The number of hydrogen-bond donors (Lipinski definition) is 1. The molecule has 0 aliphatic rings. The maximum absolute atomic E-state index is 5.93. The first-order chi connectivity index (χ1) is 10.2. The van der Waals surface area contributed by atoms with E-state index < -0.39 is 0 Å². The van der Waals surface area contributed by atoms with Gasteiger partial charge in [0.25, 0.3) is 0 Å². The molecule has 2 aromatic rings. The molecule has 5 heteroatoms. The molecule has 1 aromatic carbocycles. The summed E-state index contributed by atoms with van der Waals surface area (Å²) in [7, 11) is 2.11. The molecule has 3 nitrogen and oxygen atoms in total. The van der Waals surface area contributed by atoms with Crippen molar-refractivity contribution >= 4 is 22.9 Å². The van der Waals surface area contributed by atoms with E-state index in [4.69, 9.17) is 22.1 Å². The van der Waals surface area contributed by atoms with Gasteiger partial charge in [-0.05, 0) is 43.3 Å². The summed E-state index contributed by atoms with van der Waals surface area (Å²) in [5.74, 6) is 0.894. The second-order valence-electron chi connectivity index (χ2n) is 5.00. The minimum absolute atomic E-state index is 0.545. The van der Waals surface area contributed by atoms with E-state index >= 15 is 0 Å². The number of halogens is 1. The maximum Gasteiger partial charge on any atom is 0.119 e. The number of benzene rings is 1. The van der Waals surface area contributed by atoms with E-state index in [1.807, 2.05) is 30.3 Å². The summed E-state index contributed by atoms with van der Waals surface area (Å²) in [5.41, 5.74) is 6.71. The zero-order valence-corrected chi connectivity index (χ0v) is 13.8. The van der Waals surface area contributed by atoms with Gasteiger partial charge < -0.3 is 15.4 Å². The predicted octanol–water partition coefficient (Wildman–Crippen LogP) is 3.76. The molecule has 114 valence electrons. The van der Waals surface area contributed by atoms with Crippen molar-refractivity contribution in [2.24, 2.45) is 5.73 Å². The lowest BCUT2D eigenvalue weighted by Gasteiger charge is -2.15. The highest BCUT2D eigenvalue weighted by atomic mass is 35.5. The van der Waals surface area contributed by atoms with Crippen LogP contribution in [0.5, 0.6) is 5.75 Å². The minimum Gasteiger partial charge on any atom is -0.494 e. The van der Waals surface area contributed by atoms with E-state index in [1.165, 1.54) is 4.88 Å². The summed E-state index contributed by atoms with van der Waals surface area (Å²) in [4.78, 5) is 3.57. The fourth-order valence-corrected chi connectivity index (χ4v) is 3.24. The summed E-state index contributed by atoms with van der Waals surface area (Å²) < 4.78 is 6.60. The number of nitrogens with zero attached hydrogens (tertiary/aromatic N) is 1. The molecule has 0 fully saturated rings. The Hall–Kier alpha value is -1.07. The smallest absolute Gasteiger partial charge is 0.119 e. The van der Waals surface area contributed by atoms with Crippen molar-refractivity contribution in [3.63, 3.8) is 0 Å².